The van der Waals surface area contributed by atoms with E-state index in [1.165, 1.54) is 0 Å². The summed E-state index contributed by atoms with van der Waals surface area (Å²) in [5.74, 6) is 0.298. The molecule has 0 aromatic heterocycles. The molecule has 0 bridgehead atoms. The van der Waals surface area contributed by atoms with Gasteiger partial charge in [-0.05, 0) is 78.0 Å². The first-order chi connectivity index (χ1) is 15.1. The van der Waals surface area contributed by atoms with Crippen molar-refractivity contribution >= 4 is 42.5 Å². The van der Waals surface area contributed by atoms with Gasteiger partial charge in [-0.1, -0.05) is 19.1 Å². The SMILES string of the molecule is COc1ccc2c(c1)[C@@]1(O[C@H](CCO)[C@@H]([Si](C)(C)O)[C@@H]1C)C(=O)N2Cc1ccc(I)cc1. The summed E-state index contributed by atoms with van der Waals surface area (Å²) in [6.45, 7) is 6.15. The fraction of sp³-hybridized carbons (Fsp3) is 0.458. The van der Waals surface area contributed by atoms with Crippen LogP contribution in [0.4, 0.5) is 5.69 Å². The smallest absolute Gasteiger partial charge is 0.264 e. The Balaban J connectivity index is 1.83. The molecule has 0 aliphatic carbocycles. The maximum absolute atomic E-state index is 14.1. The molecule has 2 heterocycles. The van der Waals surface area contributed by atoms with Crippen LogP contribution in [0.1, 0.15) is 24.5 Å². The minimum atomic E-state index is -2.70. The zero-order valence-corrected chi connectivity index (χ0v) is 22.0. The zero-order valence-electron chi connectivity index (χ0n) is 18.8. The number of fused-ring (bicyclic) bond motifs is 2. The van der Waals surface area contributed by atoms with E-state index in [0.29, 0.717) is 18.7 Å². The molecule has 0 radical (unpaired) electrons. The van der Waals surface area contributed by atoms with E-state index in [1.54, 1.807) is 12.0 Å². The Morgan fingerprint density at radius 3 is 2.50 bits per heavy atom. The molecule has 4 atom stereocenters. The molecule has 2 aliphatic rings. The van der Waals surface area contributed by atoms with Crippen LogP contribution in [0.3, 0.4) is 0 Å². The summed E-state index contributed by atoms with van der Waals surface area (Å²) < 4.78 is 13.2. The first kappa shape index (κ1) is 23.7. The highest BCUT2D eigenvalue weighted by Gasteiger charge is 2.66. The summed E-state index contributed by atoms with van der Waals surface area (Å²) in [6, 6.07) is 13.8. The lowest BCUT2D eigenvalue weighted by atomic mass is 9.82. The topological polar surface area (TPSA) is 79.2 Å². The summed E-state index contributed by atoms with van der Waals surface area (Å²) in [4.78, 5) is 27.0. The molecular formula is C24H30INO5Si. The Bertz CT molecular complexity index is 1010. The molecule has 2 aromatic carbocycles. The van der Waals surface area contributed by atoms with Gasteiger partial charge in [-0.25, -0.2) is 0 Å². The zero-order chi connectivity index (χ0) is 23.3. The number of methoxy groups -OCH3 is 1. The number of carbonyl (C=O) groups is 1. The van der Waals surface area contributed by atoms with Crippen molar-refractivity contribution in [3.05, 3.63) is 57.2 Å². The van der Waals surface area contributed by atoms with E-state index < -0.39 is 13.9 Å². The van der Waals surface area contributed by atoms with Crippen LogP contribution in [-0.4, -0.2) is 43.9 Å². The number of ether oxygens (including phenoxy) is 2. The second-order valence-corrected chi connectivity index (χ2v) is 14.5. The molecule has 1 fully saturated rings. The lowest BCUT2D eigenvalue weighted by Crippen LogP contribution is -2.46. The van der Waals surface area contributed by atoms with Crippen molar-refractivity contribution in [2.75, 3.05) is 18.6 Å². The van der Waals surface area contributed by atoms with Crippen molar-refractivity contribution in [2.45, 2.75) is 50.2 Å². The standard InChI is InChI=1S/C24H30INO5Si/c1-15-22(32(3,4)29)21(11-12-27)31-24(15)19-13-18(30-2)9-10-20(19)26(23(24)28)14-16-5-7-17(25)8-6-16/h5-10,13,15,21-22,27,29H,11-12,14H2,1-4H3/t15-,21+,22-,24+/m0/s1. The van der Waals surface area contributed by atoms with Gasteiger partial charge in [0.1, 0.15) is 5.75 Å². The van der Waals surface area contributed by atoms with Gasteiger partial charge >= 0.3 is 0 Å². The fourth-order valence-electron chi connectivity index (χ4n) is 5.51. The third-order valence-electron chi connectivity index (χ3n) is 6.86. The summed E-state index contributed by atoms with van der Waals surface area (Å²) in [7, 11) is -1.09. The molecule has 2 aromatic rings. The van der Waals surface area contributed by atoms with Crippen molar-refractivity contribution in [1.29, 1.82) is 0 Å². The van der Waals surface area contributed by atoms with Crippen molar-refractivity contribution in [3.63, 3.8) is 0 Å². The van der Waals surface area contributed by atoms with Crippen molar-refractivity contribution in [3.8, 4) is 5.75 Å². The number of aliphatic hydroxyl groups is 1. The number of nitrogens with zero attached hydrogens (tertiary/aromatic N) is 1. The highest BCUT2D eigenvalue weighted by atomic mass is 127. The number of benzene rings is 2. The van der Waals surface area contributed by atoms with Crippen LogP contribution in [0.25, 0.3) is 0 Å². The first-order valence-corrected chi connectivity index (χ1v) is 15.0. The van der Waals surface area contributed by atoms with Gasteiger partial charge in [0.2, 0.25) is 0 Å². The fourth-order valence-corrected chi connectivity index (χ4v) is 8.47. The monoisotopic (exact) mass is 567 g/mol. The summed E-state index contributed by atoms with van der Waals surface area (Å²) in [6.07, 6.45) is 0.000176. The second-order valence-electron chi connectivity index (χ2n) is 9.27. The Hall–Kier alpha value is -1.46. The van der Waals surface area contributed by atoms with Crippen LogP contribution in [0.2, 0.25) is 18.6 Å². The predicted octanol–water partition coefficient (Wildman–Crippen LogP) is 4.03. The van der Waals surface area contributed by atoms with Crippen molar-refractivity contribution < 1.29 is 24.2 Å². The van der Waals surface area contributed by atoms with E-state index in [9.17, 15) is 14.7 Å². The molecule has 0 saturated carbocycles. The predicted molar refractivity (Wildman–Crippen MR) is 134 cm³/mol. The lowest BCUT2D eigenvalue weighted by Gasteiger charge is -2.32. The average molecular weight is 567 g/mol. The number of hydrogen-bond donors (Lipinski definition) is 2. The summed E-state index contributed by atoms with van der Waals surface area (Å²) in [5.41, 5.74) is 1.23. The van der Waals surface area contributed by atoms with Crippen LogP contribution < -0.4 is 9.64 Å². The van der Waals surface area contributed by atoms with Gasteiger partial charge < -0.3 is 24.3 Å². The van der Waals surface area contributed by atoms with Crippen LogP contribution in [-0.2, 0) is 21.7 Å². The number of anilines is 1. The number of rotatable bonds is 6. The van der Waals surface area contributed by atoms with Gasteiger partial charge in [-0.3, -0.25) is 4.79 Å². The van der Waals surface area contributed by atoms with E-state index in [2.05, 4.69) is 22.6 Å². The average Bonchev–Trinajstić information content (AvgIpc) is 3.17. The molecule has 2 N–H and O–H groups in total. The summed E-state index contributed by atoms with van der Waals surface area (Å²) in [5, 5.41) is 9.68. The normalized spacial score (nSPS) is 27.3. The maximum atomic E-state index is 14.1. The van der Waals surface area contributed by atoms with E-state index in [0.717, 1.165) is 20.4 Å². The van der Waals surface area contributed by atoms with Gasteiger partial charge in [-0.2, -0.15) is 0 Å². The Morgan fingerprint density at radius 1 is 1.22 bits per heavy atom. The largest absolute Gasteiger partial charge is 0.497 e. The Morgan fingerprint density at radius 2 is 1.91 bits per heavy atom. The highest BCUT2D eigenvalue weighted by Crippen LogP contribution is 2.60. The van der Waals surface area contributed by atoms with Crippen molar-refractivity contribution in [2.24, 2.45) is 5.92 Å². The van der Waals surface area contributed by atoms with Crippen LogP contribution in [0.5, 0.6) is 5.75 Å². The highest BCUT2D eigenvalue weighted by molar-refractivity contribution is 14.1. The summed E-state index contributed by atoms with van der Waals surface area (Å²) >= 11 is 2.27. The Kier molecular flexibility index (Phi) is 6.45. The van der Waals surface area contributed by atoms with E-state index >= 15 is 0 Å². The maximum Gasteiger partial charge on any atom is 0.264 e. The minimum absolute atomic E-state index is 0.0556. The first-order valence-electron chi connectivity index (χ1n) is 10.9. The third-order valence-corrected chi connectivity index (χ3v) is 10.1. The van der Waals surface area contributed by atoms with Gasteiger partial charge in [0.15, 0.2) is 13.9 Å². The molecule has 4 rings (SSSR count). The molecule has 1 saturated heterocycles. The molecule has 6 nitrogen and oxygen atoms in total. The Labute approximate surface area is 203 Å². The number of aliphatic hydroxyl groups excluding tert-OH is 1. The molecular weight excluding hydrogens is 537 g/mol. The molecule has 8 heteroatoms. The van der Waals surface area contributed by atoms with Gasteiger partial charge in [0.05, 0.1) is 25.4 Å². The van der Waals surface area contributed by atoms with Gasteiger partial charge in [0.25, 0.3) is 5.91 Å². The van der Waals surface area contributed by atoms with Crippen LogP contribution >= 0.6 is 22.6 Å². The van der Waals surface area contributed by atoms with Crippen LogP contribution in [0.15, 0.2) is 42.5 Å². The number of amides is 1. The van der Waals surface area contributed by atoms with Crippen molar-refractivity contribution in [1.82, 2.24) is 0 Å². The van der Waals surface area contributed by atoms with E-state index in [-0.39, 0.29) is 30.1 Å². The lowest BCUT2D eigenvalue weighted by molar-refractivity contribution is -0.146. The number of halogens is 1. The molecule has 1 amide bonds. The molecule has 2 aliphatic heterocycles. The third kappa shape index (κ3) is 3.79. The number of carbonyl (C=O) groups excluding carboxylic acids is 1. The van der Waals surface area contributed by atoms with E-state index in [1.807, 2.05) is 62.5 Å². The molecule has 32 heavy (non-hydrogen) atoms. The van der Waals surface area contributed by atoms with Crippen LogP contribution in [0, 0.1) is 9.49 Å². The second kappa shape index (κ2) is 8.71. The number of hydrogen-bond acceptors (Lipinski definition) is 5. The molecule has 0 unspecified atom stereocenters. The van der Waals surface area contributed by atoms with E-state index in [4.69, 9.17) is 9.47 Å². The quantitative estimate of drug-likeness (QED) is 0.407. The van der Waals surface area contributed by atoms with Gasteiger partial charge in [-0.15, -0.1) is 0 Å². The molecule has 1 spiro atoms. The van der Waals surface area contributed by atoms with Gasteiger partial charge in [0, 0.05) is 27.2 Å². The minimum Gasteiger partial charge on any atom is -0.497 e. The molecule has 172 valence electrons.